The molecule has 0 saturated carbocycles. The smallest absolute Gasteiger partial charge is 0.326 e. The Labute approximate surface area is 204 Å². The van der Waals surface area contributed by atoms with E-state index in [-0.39, 0.29) is 0 Å². The van der Waals surface area contributed by atoms with Gasteiger partial charge in [-0.2, -0.15) is 0 Å². The Kier molecular flexibility index (Phi) is 8.56. The molecule has 128 valence electrons. The highest BCUT2D eigenvalue weighted by Gasteiger charge is 2.72. The number of rotatable bonds is 1. The van der Waals surface area contributed by atoms with Crippen molar-refractivity contribution < 1.29 is 16.5 Å². The van der Waals surface area contributed by atoms with E-state index in [9.17, 15) is 0 Å². The van der Waals surface area contributed by atoms with E-state index in [0.717, 1.165) is 4.48 Å². The molecule has 2 aliphatic rings. The first-order valence-corrected chi connectivity index (χ1v) is 16.9. The van der Waals surface area contributed by atoms with Crippen molar-refractivity contribution in [3.05, 3.63) is 10.6 Å². The fourth-order valence-electron chi connectivity index (χ4n) is 1.81. The van der Waals surface area contributed by atoms with Crippen molar-refractivity contribution in [2.75, 3.05) is 0 Å². The third kappa shape index (κ3) is 3.88. The van der Waals surface area contributed by atoms with Crippen molar-refractivity contribution in [3.8, 4) is 0 Å². The zero-order valence-electron chi connectivity index (χ0n) is 10.4. The largest absolute Gasteiger partial charge is 0.425 e. The van der Waals surface area contributed by atoms with Crippen LogP contribution < -0.4 is 0 Å². The van der Waals surface area contributed by atoms with Crippen LogP contribution in [0, 0.1) is 0 Å². The van der Waals surface area contributed by atoms with E-state index in [0.29, 0.717) is 0 Å². The highest BCUT2D eigenvalue weighted by Crippen LogP contribution is 2.71. The number of hydrogen-bond donors (Lipinski definition) is 0. The van der Waals surface area contributed by atoms with Crippen molar-refractivity contribution in [2.45, 2.75) is 13.6 Å². The van der Waals surface area contributed by atoms with Crippen molar-refractivity contribution >= 4 is 167 Å². The average Bonchev–Trinajstić information content (AvgIpc) is 2.35. The zero-order valence-corrected chi connectivity index (χ0v) is 28.5. The Bertz CT molecular complexity index is 470. The summed E-state index contributed by atoms with van der Waals surface area (Å²) in [7, 11) is -5.25. The summed E-state index contributed by atoms with van der Waals surface area (Å²) in [6, 6.07) is 0. The summed E-state index contributed by atoms with van der Waals surface area (Å²) in [6.45, 7) is 0. The van der Waals surface area contributed by atoms with E-state index in [1.165, 1.54) is 0 Å². The summed E-state index contributed by atoms with van der Waals surface area (Å²) >= 11 is 30.0. The molecule has 1 saturated heterocycles. The van der Waals surface area contributed by atoms with Crippen LogP contribution in [0.2, 0.25) is 0 Å². The van der Waals surface area contributed by atoms with Gasteiger partial charge in [0.05, 0.1) is 0 Å². The molecule has 0 amide bonds. The van der Waals surface area contributed by atoms with Crippen LogP contribution in [0.15, 0.2) is 10.6 Å². The van der Waals surface area contributed by atoms with Crippen molar-refractivity contribution in [3.63, 3.8) is 0 Å². The first-order chi connectivity index (χ1) is 9.98. The van der Waals surface area contributed by atoms with Gasteiger partial charge in [-0.05, 0) is 0 Å². The van der Waals surface area contributed by atoms with E-state index in [1.807, 2.05) is 6.08 Å². The van der Waals surface area contributed by atoms with Gasteiger partial charge in [0.25, 0.3) is 30.0 Å². The van der Waals surface area contributed by atoms with Crippen LogP contribution in [0.1, 0.15) is 0 Å². The maximum absolute atomic E-state index is 6.05. The Balaban J connectivity index is 2.49. The lowest BCUT2D eigenvalue weighted by Gasteiger charge is -2.55. The SMILES string of the molecule is BrC1=CC(Br)([SiH]2O[SiH2]O[SiH2]O[SiH2]O2)C(Br)(Br)C(Br)(Br)C1(Br)Br. The van der Waals surface area contributed by atoms with Gasteiger partial charge in [0.1, 0.15) is 13.6 Å². The monoisotopic (exact) mass is 887 g/mol. The number of halogens is 8. The molecule has 1 heterocycles. The molecule has 16 heteroatoms. The Morgan fingerprint density at radius 1 is 0.818 bits per heavy atom. The van der Waals surface area contributed by atoms with Gasteiger partial charge in [-0.3, -0.25) is 0 Å². The minimum absolute atomic E-state index is 0.595. The highest BCUT2D eigenvalue weighted by molar-refractivity contribution is 9.33. The molecule has 0 bridgehead atoms. The summed E-state index contributed by atoms with van der Waals surface area (Å²) < 4.78 is 21.5. The zero-order chi connectivity index (χ0) is 16.8. The molecule has 22 heavy (non-hydrogen) atoms. The van der Waals surface area contributed by atoms with E-state index in [2.05, 4.69) is 127 Å². The predicted octanol–water partition coefficient (Wildman–Crippen LogP) is 2.71. The lowest BCUT2D eigenvalue weighted by Crippen LogP contribution is -2.67. The number of hydrogen-bond acceptors (Lipinski definition) is 4. The third-order valence-corrected chi connectivity index (χ3v) is 27.4. The fourth-order valence-corrected chi connectivity index (χ4v) is 21.9. The van der Waals surface area contributed by atoms with Gasteiger partial charge in [-0.25, -0.2) is 0 Å². The molecular formula is C6H8Br8O4Si4. The van der Waals surface area contributed by atoms with Crippen LogP contribution in [0.3, 0.4) is 0 Å². The molecule has 4 nitrogen and oxygen atoms in total. The third-order valence-electron chi connectivity index (χ3n) is 3.02. The molecule has 0 radical (unpaired) electrons. The van der Waals surface area contributed by atoms with Crippen LogP contribution in [-0.4, -0.2) is 53.0 Å². The normalized spacial score (nSPS) is 41.1. The second kappa shape index (κ2) is 8.34. The van der Waals surface area contributed by atoms with Gasteiger partial charge in [0.2, 0.25) is 0 Å². The maximum atomic E-state index is 6.05. The number of alkyl halides is 7. The minimum atomic E-state index is -2.19. The quantitative estimate of drug-likeness (QED) is 0.300. The van der Waals surface area contributed by atoms with Gasteiger partial charge in [0.15, 0.2) is 0 Å². The topological polar surface area (TPSA) is 36.9 Å². The molecule has 1 fully saturated rings. The number of allylic oxidation sites excluding steroid dienone is 2. The van der Waals surface area contributed by atoms with Crippen LogP contribution in [0.25, 0.3) is 0 Å². The molecule has 1 aliphatic heterocycles. The molecule has 0 aromatic heterocycles. The molecule has 2 rings (SSSR count). The van der Waals surface area contributed by atoms with Crippen LogP contribution in [-0.2, 0) is 16.5 Å². The molecule has 1 atom stereocenters. The van der Waals surface area contributed by atoms with E-state index in [4.69, 9.17) is 16.5 Å². The molecule has 0 aromatic rings. The summed E-state index contributed by atoms with van der Waals surface area (Å²) in [6.07, 6.45) is 2.04. The van der Waals surface area contributed by atoms with Crippen LogP contribution >= 0.6 is 127 Å². The van der Waals surface area contributed by atoms with Gasteiger partial charge in [-0.15, -0.1) is 0 Å². The lowest BCUT2D eigenvalue weighted by atomic mass is 10.1. The second-order valence-electron chi connectivity index (χ2n) is 4.41. The van der Waals surface area contributed by atoms with Crippen LogP contribution in [0.4, 0.5) is 0 Å². The van der Waals surface area contributed by atoms with Crippen molar-refractivity contribution in [1.82, 2.24) is 0 Å². The summed E-state index contributed by atoms with van der Waals surface area (Å²) in [5, 5.41) is 0. The molecular weight excluding hydrogens is 888 g/mol. The van der Waals surface area contributed by atoms with Gasteiger partial charge in [0, 0.05) is 4.48 Å². The van der Waals surface area contributed by atoms with E-state index in [1.54, 1.807) is 0 Å². The molecule has 0 N–H and O–H groups in total. The lowest BCUT2D eigenvalue weighted by molar-refractivity contribution is 0.318. The highest BCUT2D eigenvalue weighted by atomic mass is 79.9. The predicted molar refractivity (Wildman–Crippen MR) is 128 cm³/mol. The Morgan fingerprint density at radius 2 is 1.32 bits per heavy atom. The molecule has 0 aromatic carbocycles. The molecule has 1 aliphatic carbocycles. The fraction of sp³-hybridized carbons (Fsp3) is 0.667. The van der Waals surface area contributed by atoms with Crippen LogP contribution in [0.5, 0.6) is 0 Å². The van der Waals surface area contributed by atoms with Crippen molar-refractivity contribution in [1.29, 1.82) is 0 Å². The molecule has 1 unspecified atom stereocenters. The summed E-state index contributed by atoms with van der Waals surface area (Å²) in [4.78, 5) is 0. The van der Waals surface area contributed by atoms with E-state index < -0.39 is 53.0 Å². The van der Waals surface area contributed by atoms with E-state index >= 15 is 0 Å². The first kappa shape index (κ1) is 22.6. The second-order valence-corrected chi connectivity index (χ2v) is 26.0. The van der Waals surface area contributed by atoms with Gasteiger partial charge >= 0.3 is 9.28 Å². The Hall–Kier alpha value is 4.29. The average molecular weight is 896 g/mol. The maximum Gasteiger partial charge on any atom is 0.326 e. The summed E-state index contributed by atoms with van der Waals surface area (Å²) in [5.74, 6) is 0. The molecule has 0 spiro atoms. The van der Waals surface area contributed by atoms with Gasteiger partial charge < -0.3 is 16.5 Å². The Morgan fingerprint density at radius 3 is 1.82 bits per heavy atom. The standard InChI is InChI=1S/C6H8Br8O4Si4/c7-2-1-3(8,22-17-20-15-19-16-21-18-22)5(11,12)6(13,14)4(2,9)10/h1,22H,19-21H2. The van der Waals surface area contributed by atoms with Crippen molar-refractivity contribution in [2.24, 2.45) is 0 Å². The minimum Gasteiger partial charge on any atom is -0.425 e. The first-order valence-electron chi connectivity index (χ1n) is 5.58. The van der Waals surface area contributed by atoms with Gasteiger partial charge in [-0.1, -0.05) is 134 Å². The summed E-state index contributed by atoms with van der Waals surface area (Å²) in [5.41, 5.74) is 0.